The lowest BCUT2D eigenvalue weighted by Crippen LogP contribution is -2.67. The molecule has 2 aromatic rings. The largest absolute Gasteiger partial charge is 0.466 e. The van der Waals surface area contributed by atoms with E-state index >= 15 is 0 Å². The average molecular weight is 549 g/mol. The van der Waals surface area contributed by atoms with E-state index in [0.29, 0.717) is 0 Å². The maximum atomic E-state index is 11.1. The second-order valence-electron chi connectivity index (χ2n) is 11.0. The number of rotatable bonds is 16. The zero-order valence-corrected chi connectivity index (χ0v) is 25.8. The summed E-state index contributed by atoms with van der Waals surface area (Å²) in [4.78, 5) is 11.1. The molecule has 0 unspecified atom stereocenters. The molecule has 2 atom stereocenters. The summed E-state index contributed by atoms with van der Waals surface area (Å²) in [6.07, 6.45) is 17.8. The standard InChI is InChI=1S/C34H48O4Si/c1-29(21-13-8-7-9-14-22-30(36-5)23-15-10-20-28-33(35)37-6)38-39(34(2,3)4,31-24-16-11-17-25-31)32-26-18-12-19-27-32/h7,9-12,15-20,24-30H,8,13-14,21-23H2,1-6H3/b9-7+,15-10+,28-20+/t29-,30+/m0/s1. The number of unbranched alkanes of at least 4 members (excludes halogenated alkanes) is 1. The van der Waals surface area contributed by atoms with Gasteiger partial charge in [-0.05, 0) is 60.9 Å². The van der Waals surface area contributed by atoms with Gasteiger partial charge in [-0.1, -0.05) is 112 Å². The van der Waals surface area contributed by atoms with Crippen LogP contribution >= 0.6 is 0 Å². The number of esters is 1. The molecule has 4 nitrogen and oxygen atoms in total. The fourth-order valence-corrected chi connectivity index (χ4v) is 9.67. The van der Waals surface area contributed by atoms with Gasteiger partial charge in [0.1, 0.15) is 0 Å². The molecule has 0 spiro atoms. The Bertz CT molecular complexity index is 998. The molecule has 0 saturated carbocycles. The topological polar surface area (TPSA) is 44.8 Å². The number of carbonyl (C=O) groups excluding carboxylic acids is 1. The van der Waals surface area contributed by atoms with Crippen LogP contribution in [0.2, 0.25) is 5.04 Å². The Balaban J connectivity index is 1.88. The lowest BCUT2D eigenvalue weighted by Gasteiger charge is -2.44. The van der Waals surface area contributed by atoms with E-state index in [4.69, 9.17) is 9.16 Å². The molecule has 0 N–H and O–H groups in total. The van der Waals surface area contributed by atoms with Crippen LogP contribution in [0.4, 0.5) is 0 Å². The van der Waals surface area contributed by atoms with E-state index in [9.17, 15) is 4.79 Å². The third-order valence-corrected chi connectivity index (χ3v) is 12.2. The molecule has 2 rings (SSSR count). The summed E-state index contributed by atoms with van der Waals surface area (Å²) in [5.41, 5.74) is 0. The van der Waals surface area contributed by atoms with Crippen molar-refractivity contribution in [2.24, 2.45) is 0 Å². The Labute approximate surface area is 237 Å². The van der Waals surface area contributed by atoms with Gasteiger partial charge in [-0.25, -0.2) is 4.79 Å². The first kappa shape index (κ1) is 32.5. The van der Waals surface area contributed by atoms with E-state index in [2.05, 4.69) is 105 Å². The smallest absolute Gasteiger partial charge is 0.330 e. The van der Waals surface area contributed by atoms with E-state index in [-0.39, 0.29) is 23.2 Å². The Morgan fingerprint density at radius 1 is 0.846 bits per heavy atom. The van der Waals surface area contributed by atoms with Gasteiger partial charge in [0.15, 0.2) is 0 Å². The van der Waals surface area contributed by atoms with Gasteiger partial charge in [0.25, 0.3) is 8.32 Å². The first-order chi connectivity index (χ1) is 18.7. The number of carbonyl (C=O) groups is 1. The van der Waals surface area contributed by atoms with Crippen LogP contribution < -0.4 is 10.4 Å². The number of benzene rings is 2. The minimum absolute atomic E-state index is 0.00537. The Morgan fingerprint density at radius 2 is 1.44 bits per heavy atom. The molecule has 212 valence electrons. The molecule has 0 fully saturated rings. The van der Waals surface area contributed by atoms with Crippen LogP contribution in [-0.4, -0.2) is 40.7 Å². The van der Waals surface area contributed by atoms with Gasteiger partial charge in [-0.3, -0.25) is 0 Å². The Kier molecular flexibility index (Phi) is 14.2. The molecular formula is C34H48O4Si. The fourth-order valence-electron chi connectivity index (χ4n) is 4.94. The molecule has 39 heavy (non-hydrogen) atoms. The second-order valence-corrected chi connectivity index (χ2v) is 15.2. The van der Waals surface area contributed by atoms with Gasteiger partial charge >= 0.3 is 5.97 Å². The fraction of sp³-hybridized carbons (Fsp3) is 0.441. The molecule has 0 bridgehead atoms. The SMILES string of the molecule is COC(=O)/C=C/C=C/C[C@@H](CC/C=C/CCC[C@H](C)O[Si](c1ccccc1)(c1ccccc1)C(C)(C)C)OC. The molecule has 0 heterocycles. The molecule has 0 amide bonds. The highest BCUT2D eigenvalue weighted by Gasteiger charge is 2.50. The van der Waals surface area contributed by atoms with Crippen LogP contribution in [0.5, 0.6) is 0 Å². The molecule has 0 aromatic heterocycles. The van der Waals surface area contributed by atoms with Crippen molar-refractivity contribution in [2.45, 2.75) is 83.5 Å². The first-order valence-corrected chi connectivity index (χ1v) is 16.0. The molecule has 2 aromatic carbocycles. The molecule has 0 radical (unpaired) electrons. The van der Waals surface area contributed by atoms with Gasteiger partial charge in [-0.2, -0.15) is 0 Å². The zero-order chi connectivity index (χ0) is 28.6. The predicted octanol–water partition coefficient (Wildman–Crippen LogP) is 7.15. The minimum Gasteiger partial charge on any atom is -0.466 e. The summed E-state index contributed by atoms with van der Waals surface area (Å²) < 4.78 is 17.4. The molecule has 0 saturated heterocycles. The maximum absolute atomic E-state index is 11.1. The maximum Gasteiger partial charge on any atom is 0.330 e. The van der Waals surface area contributed by atoms with Gasteiger partial charge < -0.3 is 13.9 Å². The summed E-state index contributed by atoms with van der Waals surface area (Å²) in [6, 6.07) is 21.7. The van der Waals surface area contributed by atoms with Crippen molar-refractivity contribution >= 4 is 24.7 Å². The van der Waals surface area contributed by atoms with Crippen molar-refractivity contribution in [1.82, 2.24) is 0 Å². The Hall–Kier alpha value is -2.73. The van der Waals surface area contributed by atoms with E-state index in [1.54, 1.807) is 13.2 Å². The molecular weight excluding hydrogens is 500 g/mol. The summed E-state index contributed by atoms with van der Waals surface area (Å²) in [7, 11) is 0.622. The quantitative estimate of drug-likeness (QED) is 0.0558. The molecule has 0 aliphatic carbocycles. The lowest BCUT2D eigenvalue weighted by molar-refractivity contribution is -0.134. The van der Waals surface area contributed by atoms with E-state index in [1.807, 2.05) is 12.2 Å². The predicted molar refractivity (Wildman–Crippen MR) is 166 cm³/mol. The normalized spacial score (nSPS) is 14.3. The zero-order valence-electron chi connectivity index (χ0n) is 24.8. The van der Waals surface area contributed by atoms with Crippen molar-refractivity contribution in [3.8, 4) is 0 Å². The highest BCUT2D eigenvalue weighted by atomic mass is 28.4. The van der Waals surface area contributed by atoms with Crippen LogP contribution in [-0.2, 0) is 18.7 Å². The van der Waals surface area contributed by atoms with Crippen LogP contribution in [0.1, 0.15) is 66.2 Å². The highest BCUT2D eigenvalue weighted by molar-refractivity contribution is 6.99. The number of methoxy groups -OCH3 is 2. The molecule has 0 aliphatic heterocycles. The number of ether oxygens (including phenoxy) is 2. The van der Waals surface area contributed by atoms with Crippen LogP contribution in [0.15, 0.2) is 97.1 Å². The highest BCUT2D eigenvalue weighted by Crippen LogP contribution is 2.37. The van der Waals surface area contributed by atoms with E-state index in [0.717, 1.165) is 38.5 Å². The average Bonchev–Trinajstić information content (AvgIpc) is 2.94. The van der Waals surface area contributed by atoms with Crippen molar-refractivity contribution in [3.63, 3.8) is 0 Å². The third kappa shape index (κ3) is 10.4. The number of hydrogen-bond acceptors (Lipinski definition) is 4. The van der Waals surface area contributed by atoms with Crippen LogP contribution in [0.25, 0.3) is 0 Å². The van der Waals surface area contributed by atoms with Crippen molar-refractivity contribution in [3.05, 3.63) is 97.1 Å². The first-order valence-electron chi connectivity index (χ1n) is 14.1. The number of hydrogen-bond donors (Lipinski definition) is 0. The summed E-state index contributed by atoms with van der Waals surface area (Å²) >= 11 is 0. The van der Waals surface area contributed by atoms with E-state index < -0.39 is 8.32 Å². The molecule has 5 heteroatoms. The van der Waals surface area contributed by atoms with Crippen LogP contribution in [0.3, 0.4) is 0 Å². The second kappa shape index (κ2) is 17.1. The summed E-state index contributed by atoms with van der Waals surface area (Å²) in [6.45, 7) is 9.23. The van der Waals surface area contributed by atoms with Gasteiger partial charge in [0.05, 0.1) is 13.2 Å². The van der Waals surface area contributed by atoms with Gasteiger partial charge in [0, 0.05) is 19.3 Å². The monoisotopic (exact) mass is 548 g/mol. The summed E-state index contributed by atoms with van der Waals surface area (Å²) in [5, 5.41) is 2.66. The van der Waals surface area contributed by atoms with E-state index in [1.165, 1.54) is 23.6 Å². The van der Waals surface area contributed by atoms with Crippen molar-refractivity contribution in [2.75, 3.05) is 14.2 Å². The molecule has 0 aliphatic rings. The lowest BCUT2D eigenvalue weighted by atomic mass is 10.1. The van der Waals surface area contributed by atoms with Crippen molar-refractivity contribution < 1.29 is 18.7 Å². The van der Waals surface area contributed by atoms with Crippen LogP contribution in [0, 0.1) is 0 Å². The minimum atomic E-state index is -2.50. The summed E-state index contributed by atoms with van der Waals surface area (Å²) in [5.74, 6) is -0.350. The third-order valence-electron chi connectivity index (χ3n) is 7.01. The van der Waals surface area contributed by atoms with Crippen molar-refractivity contribution in [1.29, 1.82) is 0 Å². The van der Waals surface area contributed by atoms with Gasteiger partial charge in [0.2, 0.25) is 0 Å². The Morgan fingerprint density at radius 3 is 1.97 bits per heavy atom. The van der Waals surface area contributed by atoms with Gasteiger partial charge in [-0.15, -0.1) is 0 Å². The number of allylic oxidation sites excluding steroid dienone is 4.